The third kappa shape index (κ3) is 0.572. The molecule has 0 aliphatic carbocycles. The van der Waals surface area contributed by atoms with Crippen molar-refractivity contribution in [3.8, 4) is 5.88 Å². The lowest BCUT2D eigenvalue weighted by Crippen LogP contribution is -1.72. The first-order chi connectivity index (χ1) is 4.88. The van der Waals surface area contributed by atoms with Crippen LogP contribution in [0.25, 0.3) is 10.9 Å². The van der Waals surface area contributed by atoms with E-state index in [0.717, 1.165) is 5.52 Å². The minimum absolute atomic E-state index is 0.0266. The Kier molecular flexibility index (Phi) is 0.917. The lowest BCUT2D eigenvalue weighted by Gasteiger charge is -1.89. The fourth-order valence-corrected chi connectivity index (χ4v) is 0.899. The van der Waals surface area contributed by atoms with Crippen LogP contribution in [0.5, 0.6) is 5.88 Å². The van der Waals surface area contributed by atoms with Crippen molar-refractivity contribution < 1.29 is 5.11 Å². The maximum atomic E-state index is 9.10. The average Bonchev–Trinajstić information content (AvgIpc) is 2.36. The largest absolute Gasteiger partial charge is 0.493 e. The minimum Gasteiger partial charge on any atom is -0.493 e. The predicted octanol–water partition coefficient (Wildman–Crippen LogP) is 1.07. The Bertz CT molecular complexity index is 353. The molecule has 0 saturated carbocycles. The van der Waals surface area contributed by atoms with Crippen LogP contribution in [-0.4, -0.2) is 15.1 Å². The van der Waals surface area contributed by atoms with Crippen LogP contribution in [0.4, 0.5) is 0 Å². The van der Waals surface area contributed by atoms with Gasteiger partial charge in [0.1, 0.15) is 0 Å². The van der Waals surface area contributed by atoms with Crippen LogP contribution in [0.15, 0.2) is 18.5 Å². The zero-order valence-electron chi connectivity index (χ0n) is 5.13. The zero-order valence-corrected chi connectivity index (χ0v) is 5.13. The molecule has 0 aliphatic rings. The molecule has 0 atom stereocenters. The number of hydrogen-bond acceptors (Lipinski definition) is 2. The van der Waals surface area contributed by atoms with E-state index in [9.17, 15) is 0 Å². The molecule has 2 rings (SSSR count). The first-order valence-corrected chi connectivity index (χ1v) is 2.90. The van der Waals surface area contributed by atoms with Crippen LogP contribution in [0, 0.1) is 6.07 Å². The number of nitrogens with zero attached hydrogens (tertiary/aromatic N) is 1. The number of H-pyrrole nitrogens is 1. The standard InChI is InChI=1S/C7H5N2O/c10-7-5-1-3-8-6(5)2-4-9-7/h2-4,8H,(H,9,10). The summed E-state index contributed by atoms with van der Waals surface area (Å²) in [5, 5.41) is 9.74. The summed E-state index contributed by atoms with van der Waals surface area (Å²) in [6, 6.07) is 4.60. The minimum atomic E-state index is 0.0266. The molecule has 0 spiro atoms. The molecule has 0 amide bonds. The third-order valence-electron chi connectivity index (χ3n) is 1.38. The van der Waals surface area contributed by atoms with Gasteiger partial charge in [-0.05, 0) is 6.07 Å². The molecular weight excluding hydrogens is 128 g/mol. The molecule has 2 N–H and O–H groups in total. The van der Waals surface area contributed by atoms with Crippen molar-refractivity contribution in [2.75, 3.05) is 0 Å². The van der Waals surface area contributed by atoms with Crippen LogP contribution in [-0.2, 0) is 0 Å². The van der Waals surface area contributed by atoms with E-state index < -0.39 is 0 Å². The summed E-state index contributed by atoms with van der Waals surface area (Å²) in [4.78, 5) is 6.59. The second-order valence-electron chi connectivity index (χ2n) is 1.99. The molecule has 0 aliphatic heterocycles. The molecule has 0 unspecified atom stereocenters. The summed E-state index contributed by atoms with van der Waals surface area (Å²) in [6.45, 7) is 0. The second kappa shape index (κ2) is 1.73. The van der Waals surface area contributed by atoms with Crippen molar-refractivity contribution in [3.05, 3.63) is 24.5 Å². The topological polar surface area (TPSA) is 48.9 Å². The predicted molar refractivity (Wildman–Crippen MR) is 36.6 cm³/mol. The van der Waals surface area contributed by atoms with E-state index in [1.165, 1.54) is 0 Å². The summed E-state index contributed by atoms with van der Waals surface area (Å²) in [5.41, 5.74) is 0.854. The van der Waals surface area contributed by atoms with E-state index in [4.69, 9.17) is 5.11 Å². The van der Waals surface area contributed by atoms with E-state index in [-0.39, 0.29) is 5.88 Å². The molecular formula is C7H5N2O. The lowest BCUT2D eigenvalue weighted by molar-refractivity contribution is 0.460. The average molecular weight is 133 g/mol. The van der Waals surface area contributed by atoms with Crippen molar-refractivity contribution in [1.29, 1.82) is 0 Å². The Balaban J connectivity index is 2.95. The number of hydrogen-bond donors (Lipinski definition) is 2. The highest BCUT2D eigenvalue weighted by atomic mass is 16.3. The van der Waals surface area contributed by atoms with Crippen molar-refractivity contribution in [2.24, 2.45) is 0 Å². The lowest BCUT2D eigenvalue weighted by atomic mass is 10.3. The Morgan fingerprint density at radius 2 is 2.50 bits per heavy atom. The number of aromatic hydroxyl groups is 1. The number of pyridine rings is 1. The molecule has 0 bridgehead atoms. The SMILES string of the molecule is Oc1nccc2[nH]c[c]c12. The Morgan fingerprint density at radius 3 is 3.30 bits per heavy atom. The van der Waals surface area contributed by atoms with Gasteiger partial charge in [0, 0.05) is 18.5 Å². The van der Waals surface area contributed by atoms with Crippen LogP contribution >= 0.6 is 0 Å². The fraction of sp³-hybridized carbons (Fsp3) is 0. The summed E-state index contributed by atoms with van der Waals surface area (Å²) in [5.74, 6) is 0.0266. The first kappa shape index (κ1) is 5.29. The second-order valence-corrected chi connectivity index (χ2v) is 1.99. The molecule has 3 heteroatoms. The van der Waals surface area contributed by atoms with Crippen LogP contribution < -0.4 is 0 Å². The Morgan fingerprint density at radius 1 is 1.60 bits per heavy atom. The first-order valence-electron chi connectivity index (χ1n) is 2.90. The highest BCUT2D eigenvalue weighted by Crippen LogP contribution is 2.18. The van der Waals surface area contributed by atoms with Crippen molar-refractivity contribution in [3.63, 3.8) is 0 Å². The van der Waals surface area contributed by atoms with Gasteiger partial charge in [0.25, 0.3) is 0 Å². The molecule has 10 heavy (non-hydrogen) atoms. The summed E-state index contributed by atoms with van der Waals surface area (Å²) < 4.78 is 0. The quantitative estimate of drug-likeness (QED) is 0.564. The van der Waals surface area contributed by atoms with E-state index in [0.29, 0.717) is 5.39 Å². The molecule has 0 saturated heterocycles. The molecule has 3 nitrogen and oxygen atoms in total. The zero-order chi connectivity index (χ0) is 6.97. The van der Waals surface area contributed by atoms with Gasteiger partial charge in [-0.2, -0.15) is 0 Å². The fourth-order valence-electron chi connectivity index (χ4n) is 0.899. The highest BCUT2D eigenvalue weighted by Gasteiger charge is 1.98. The van der Waals surface area contributed by atoms with Crippen LogP contribution in [0.2, 0.25) is 0 Å². The smallest absolute Gasteiger partial charge is 0.221 e. The van der Waals surface area contributed by atoms with E-state index in [1.54, 1.807) is 18.5 Å². The maximum Gasteiger partial charge on any atom is 0.221 e. The number of aromatic nitrogens is 2. The van der Waals surface area contributed by atoms with Gasteiger partial charge < -0.3 is 10.1 Å². The summed E-state index contributed by atoms with van der Waals surface area (Å²) >= 11 is 0. The van der Waals surface area contributed by atoms with Gasteiger partial charge in [0.15, 0.2) is 0 Å². The summed E-state index contributed by atoms with van der Waals surface area (Å²) in [7, 11) is 0. The number of fused-ring (bicyclic) bond motifs is 1. The van der Waals surface area contributed by atoms with E-state index >= 15 is 0 Å². The molecule has 0 aromatic carbocycles. The number of aromatic amines is 1. The number of rotatable bonds is 0. The maximum absolute atomic E-state index is 9.10. The van der Waals surface area contributed by atoms with Gasteiger partial charge >= 0.3 is 0 Å². The van der Waals surface area contributed by atoms with Gasteiger partial charge in [-0.15, -0.1) is 0 Å². The normalized spacial score (nSPS) is 10.4. The molecule has 2 aromatic rings. The van der Waals surface area contributed by atoms with Crippen LogP contribution in [0.1, 0.15) is 0 Å². The monoisotopic (exact) mass is 133 g/mol. The third-order valence-corrected chi connectivity index (χ3v) is 1.38. The molecule has 1 radical (unpaired) electrons. The molecule has 0 fully saturated rings. The Labute approximate surface area is 57.3 Å². The molecule has 2 heterocycles. The van der Waals surface area contributed by atoms with Crippen molar-refractivity contribution in [1.82, 2.24) is 9.97 Å². The number of nitrogens with one attached hydrogen (secondary N) is 1. The highest BCUT2D eigenvalue weighted by molar-refractivity contribution is 5.82. The Hall–Kier alpha value is -1.51. The van der Waals surface area contributed by atoms with Gasteiger partial charge in [-0.25, -0.2) is 4.98 Å². The summed E-state index contributed by atoms with van der Waals surface area (Å²) in [6.07, 6.45) is 3.19. The molecule has 49 valence electrons. The van der Waals surface area contributed by atoms with Gasteiger partial charge in [-0.1, -0.05) is 0 Å². The van der Waals surface area contributed by atoms with Crippen LogP contribution in [0.3, 0.4) is 0 Å². The van der Waals surface area contributed by atoms with Crippen molar-refractivity contribution >= 4 is 10.9 Å². The van der Waals surface area contributed by atoms with Crippen molar-refractivity contribution in [2.45, 2.75) is 0 Å². The molecule has 2 aromatic heterocycles. The van der Waals surface area contributed by atoms with E-state index in [1.807, 2.05) is 0 Å². The van der Waals surface area contributed by atoms with Gasteiger partial charge in [0.05, 0.1) is 10.9 Å². The van der Waals surface area contributed by atoms with Gasteiger partial charge in [0.2, 0.25) is 5.88 Å². The van der Waals surface area contributed by atoms with E-state index in [2.05, 4.69) is 16.0 Å². The van der Waals surface area contributed by atoms with Gasteiger partial charge in [-0.3, -0.25) is 0 Å².